The van der Waals surface area contributed by atoms with Crippen molar-refractivity contribution in [2.45, 2.75) is 13.2 Å². The summed E-state index contributed by atoms with van der Waals surface area (Å²) in [5, 5.41) is 4.26. The van der Waals surface area contributed by atoms with E-state index in [0.29, 0.717) is 17.3 Å². The van der Waals surface area contributed by atoms with Crippen LogP contribution in [0.5, 0.6) is 5.75 Å². The minimum Gasteiger partial charge on any atom is -0.488 e. The maximum absolute atomic E-state index is 13.2. The number of ether oxygens (including phenoxy) is 1. The van der Waals surface area contributed by atoms with Crippen LogP contribution in [0.2, 0.25) is 0 Å². The van der Waals surface area contributed by atoms with Gasteiger partial charge in [0.05, 0.1) is 11.4 Å². The van der Waals surface area contributed by atoms with E-state index in [0.717, 1.165) is 50.0 Å². The van der Waals surface area contributed by atoms with Crippen molar-refractivity contribution >= 4 is 50.5 Å². The van der Waals surface area contributed by atoms with E-state index in [4.69, 9.17) is 4.74 Å². The van der Waals surface area contributed by atoms with Gasteiger partial charge in [-0.15, -0.1) is 0 Å². The summed E-state index contributed by atoms with van der Waals surface area (Å²) in [7, 11) is 0. The molecule has 37 heavy (non-hydrogen) atoms. The molecular weight excluding hydrogens is 478 g/mol. The Kier molecular flexibility index (Phi) is 6.21. The molecule has 1 aliphatic heterocycles. The lowest BCUT2D eigenvalue weighted by Crippen LogP contribution is -2.27. The number of hydrogen-bond donors (Lipinski definition) is 0. The van der Waals surface area contributed by atoms with Gasteiger partial charge in [0, 0.05) is 5.56 Å². The molecule has 0 atom stereocenters. The number of hydrogen-bond acceptors (Lipinski definition) is 4. The standard InChI is InChI=1S/C32H23NO3S/c34-31-30(37-32(35)33(31)20-22-16-17-23-8-1-2-10-25(23)18-22)19-26-11-4-6-15-29(26)36-21-27-13-7-12-24-9-3-5-14-28(24)27/h1-19H,20-21H2/b30-19-. The number of rotatable bonds is 6. The molecule has 180 valence electrons. The zero-order valence-corrected chi connectivity index (χ0v) is 20.8. The van der Waals surface area contributed by atoms with E-state index in [2.05, 4.69) is 24.3 Å². The Morgan fingerprint density at radius 2 is 1.46 bits per heavy atom. The molecule has 1 fully saturated rings. The quantitative estimate of drug-likeness (QED) is 0.223. The molecule has 1 saturated heterocycles. The highest BCUT2D eigenvalue weighted by Crippen LogP contribution is 2.35. The maximum Gasteiger partial charge on any atom is 0.293 e. The van der Waals surface area contributed by atoms with Gasteiger partial charge >= 0.3 is 0 Å². The lowest BCUT2D eigenvalue weighted by molar-refractivity contribution is -0.123. The average Bonchev–Trinajstić information content (AvgIpc) is 3.19. The van der Waals surface area contributed by atoms with Crippen LogP contribution in [0.15, 0.2) is 114 Å². The zero-order chi connectivity index (χ0) is 25.2. The largest absolute Gasteiger partial charge is 0.488 e. The van der Waals surface area contributed by atoms with Crippen molar-refractivity contribution in [3.63, 3.8) is 0 Å². The molecule has 0 aliphatic carbocycles. The lowest BCUT2D eigenvalue weighted by atomic mass is 10.1. The number of amides is 2. The molecule has 4 nitrogen and oxygen atoms in total. The number of nitrogens with zero attached hydrogens (tertiary/aromatic N) is 1. The molecule has 0 N–H and O–H groups in total. The number of benzene rings is 5. The van der Waals surface area contributed by atoms with Gasteiger partial charge in [0.15, 0.2) is 0 Å². The summed E-state index contributed by atoms with van der Waals surface area (Å²) in [5.74, 6) is 0.378. The molecule has 0 bridgehead atoms. The van der Waals surface area contributed by atoms with Crippen LogP contribution in [0.3, 0.4) is 0 Å². The van der Waals surface area contributed by atoms with Gasteiger partial charge in [-0.1, -0.05) is 97.1 Å². The Morgan fingerprint density at radius 3 is 2.35 bits per heavy atom. The summed E-state index contributed by atoms with van der Waals surface area (Å²) in [4.78, 5) is 27.7. The van der Waals surface area contributed by atoms with Gasteiger partial charge in [-0.25, -0.2) is 0 Å². The monoisotopic (exact) mass is 501 g/mol. The van der Waals surface area contributed by atoms with Crippen LogP contribution in [0.25, 0.3) is 27.6 Å². The van der Waals surface area contributed by atoms with Crippen LogP contribution in [0.1, 0.15) is 16.7 Å². The van der Waals surface area contributed by atoms with Crippen LogP contribution in [0, 0.1) is 0 Å². The highest BCUT2D eigenvalue weighted by atomic mass is 32.2. The Morgan fingerprint density at radius 1 is 0.730 bits per heavy atom. The summed E-state index contributed by atoms with van der Waals surface area (Å²) in [5.41, 5.74) is 2.77. The van der Waals surface area contributed by atoms with E-state index in [1.54, 1.807) is 6.08 Å². The number of thioether (sulfide) groups is 1. The van der Waals surface area contributed by atoms with Crippen molar-refractivity contribution < 1.29 is 14.3 Å². The third-order valence-corrected chi connectivity index (χ3v) is 7.40. The normalized spacial score (nSPS) is 14.7. The number of carbonyl (C=O) groups is 2. The SMILES string of the molecule is O=C1S/C(=C\c2ccccc2OCc2cccc3ccccc23)C(=O)N1Cc1ccc2ccccc2c1. The highest BCUT2D eigenvalue weighted by Gasteiger charge is 2.35. The molecule has 6 rings (SSSR count). The average molecular weight is 502 g/mol. The predicted molar refractivity (Wildman–Crippen MR) is 150 cm³/mol. The molecule has 0 spiro atoms. The molecule has 5 aromatic carbocycles. The first-order chi connectivity index (χ1) is 18.2. The maximum atomic E-state index is 13.2. The smallest absolute Gasteiger partial charge is 0.293 e. The predicted octanol–water partition coefficient (Wildman–Crippen LogP) is 7.81. The number of imide groups is 1. The molecule has 0 unspecified atom stereocenters. The second-order valence-corrected chi connectivity index (χ2v) is 9.91. The molecule has 1 aliphatic rings. The summed E-state index contributed by atoms with van der Waals surface area (Å²) >= 11 is 0.968. The second-order valence-electron chi connectivity index (χ2n) is 8.91. The highest BCUT2D eigenvalue weighted by molar-refractivity contribution is 8.18. The van der Waals surface area contributed by atoms with Crippen LogP contribution < -0.4 is 4.74 Å². The van der Waals surface area contributed by atoms with Gasteiger partial charge in [-0.05, 0) is 62.6 Å². The van der Waals surface area contributed by atoms with E-state index in [1.165, 1.54) is 4.90 Å². The minimum absolute atomic E-state index is 0.242. The van der Waals surface area contributed by atoms with Gasteiger partial charge in [-0.3, -0.25) is 14.5 Å². The van der Waals surface area contributed by atoms with Gasteiger partial charge in [0.2, 0.25) is 0 Å². The summed E-state index contributed by atoms with van der Waals surface area (Å²) in [6, 6.07) is 36.0. The summed E-state index contributed by atoms with van der Waals surface area (Å²) in [6.45, 7) is 0.641. The summed E-state index contributed by atoms with van der Waals surface area (Å²) < 4.78 is 6.20. The Balaban J connectivity index is 1.22. The number of carbonyl (C=O) groups excluding carboxylic acids is 2. The fraction of sp³-hybridized carbons (Fsp3) is 0.0625. The van der Waals surface area contributed by atoms with Gasteiger partial charge in [0.25, 0.3) is 11.1 Å². The van der Waals surface area contributed by atoms with Crippen LogP contribution in [-0.4, -0.2) is 16.0 Å². The van der Waals surface area contributed by atoms with E-state index < -0.39 is 0 Å². The Bertz CT molecular complexity index is 1690. The topological polar surface area (TPSA) is 46.6 Å². The summed E-state index contributed by atoms with van der Waals surface area (Å²) in [6.07, 6.45) is 1.75. The molecule has 0 radical (unpaired) electrons. The molecule has 0 saturated carbocycles. The molecule has 5 heteroatoms. The van der Waals surface area contributed by atoms with E-state index in [9.17, 15) is 9.59 Å². The van der Waals surface area contributed by atoms with Crippen molar-refractivity contribution in [3.05, 3.63) is 131 Å². The van der Waals surface area contributed by atoms with Gasteiger partial charge in [0.1, 0.15) is 12.4 Å². The van der Waals surface area contributed by atoms with Crippen LogP contribution in [0.4, 0.5) is 4.79 Å². The van der Waals surface area contributed by atoms with Gasteiger partial charge < -0.3 is 4.74 Å². The third-order valence-electron chi connectivity index (χ3n) is 6.50. The first-order valence-electron chi connectivity index (χ1n) is 12.1. The number of para-hydroxylation sites is 1. The molecule has 1 heterocycles. The Hall–Kier alpha value is -4.35. The van der Waals surface area contributed by atoms with Crippen molar-refractivity contribution in [3.8, 4) is 5.75 Å². The van der Waals surface area contributed by atoms with Crippen molar-refractivity contribution in [2.24, 2.45) is 0 Å². The van der Waals surface area contributed by atoms with Crippen molar-refractivity contribution in [1.29, 1.82) is 0 Å². The number of fused-ring (bicyclic) bond motifs is 2. The first kappa shape index (κ1) is 23.1. The lowest BCUT2D eigenvalue weighted by Gasteiger charge is -2.13. The molecule has 0 aromatic heterocycles. The van der Waals surface area contributed by atoms with Crippen LogP contribution >= 0.6 is 11.8 Å². The first-order valence-corrected chi connectivity index (χ1v) is 12.9. The molecular formula is C32H23NO3S. The van der Waals surface area contributed by atoms with Crippen molar-refractivity contribution in [2.75, 3.05) is 0 Å². The molecule has 5 aromatic rings. The minimum atomic E-state index is -0.285. The van der Waals surface area contributed by atoms with Crippen LogP contribution in [-0.2, 0) is 17.9 Å². The van der Waals surface area contributed by atoms with Gasteiger partial charge in [-0.2, -0.15) is 0 Å². The molecule has 2 amide bonds. The van der Waals surface area contributed by atoms with E-state index in [-0.39, 0.29) is 17.7 Å². The van der Waals surface area contributed by atoms with E-state index >= 15 is 0 Å². The zero-order valence-electron chi connectivity index (χ0n) is 20.0. The Labute approximate surface area is 219 Å². The van der Waals surface area contributed by atoms with Crippen molar-refractivity contribution in [1.82, 2.24) is 4.90 Å². The fourth-order valence-electron chi connectivity index (χ4n) is 4.60. The second kappa shape index (κ2) is 9.96. The third kappa shape index (κ3) is 4.74. The van der Waals surface area contributed by atoms with E-state index in [1.807, 2.05) is 84.9 Å². The fourth-order valence-corrected chi connectivity index (χ4v) is 5.43.